The molecule has 0 saturated heterocycles. The summed E-state index contributed by atoms with van der Waals surface area (Å²) >= 11 is 0. The molecule has 0 fully saturated rings. The van der Waals surface area contributed by atoms with Gasteiger partial charge < -0.3 is 4.74 Å². The average molecular weight is 194 g/mol. The van der Waals surface area contributed by atoms with Gasteiger partial charge in [0, 0.05) is 13.0 Å². The third-order valence-electron chi connectivity index (χ3n) is 1.65. The molecule has 0 aliphatic carbocycles. The van der Waals surface area contributed by atoms with E-state index in [1.165, 1.54) is 13.2 Å². The van der Waals surface area contributed by atoms with E-state index < -0.39 is 4.92 Å². The van der Waals surface area contributed by atoms with Crippen LogP contribution in [0.1, 0.15) is 6.92 Å². The summed E-state index contributed by atoms with van der Waals surface area (Å²) in [4.78, 5) is 14.1. The largest absolute Gasteiger partial charge is 0.484 e. The number of nitro benzene ring substituents is 1. The van der Waals surface area contributed by atoms with Crippen LogP contribution in [0, 0.1) is 10.1 Å². The van der Waals surface area contributed by atoms with Crippen molar-refractivity contribution in [2.75, 3.05) is 7.11 Å². The zero-order valence-corrected chi connectivity index (χ0v) is 7.93. The van der Waals surface area contributed by atoms with Crippen molar-refractivity contribution in [3.05, 3.63) is 34.4 Å². The van der Waals surface area contributed by atoms with E-state index in [4.69, 9.17) is 4.74 Å². The first-order chi connectivity index (χ1) is 6.65. The maximum Gasteiger partial charge on any atom is 0.294 e. The van der Waals surface area contributed by atoms with Crippen molar-refractivity contribution < 1.29 is 9.66 Å². The minimum Gasteiger partial charge on any atom is -0.484 e. The summed E-state index contributed by atoms with van der Waals surface area (Å²) in [5.41, 5.74) is 0.278. The van der Waals surface area contributed by atoms with Gasteiger partial charge in [-0.1, -0.05) is 12.1 Å². The van der Waals surface area contributed by atoms with Gasteiger partial charge in [0.05, 0.1) is 12.0 Å². The molecule has 1 aromatic rings. The first-order valence-electron chi connectivity index (χ1n) is 3.98. The molecule has 14 heavy (non-hydrogen) atoms. The zero-order chi connectivity index (χ0) is 10.6. The highest BCUT2D eigenvalue weighted by Crippen LogP contribution is 2.26. The number of nitro groups is 1. The summed E-state index contributed by atoms with van der Waals surface area (Å²) in [7, 11) is 1.47. The van der Waals surface area contributed by atoms with Crippen molar-refractivity contribution in [1.82, 2.24) is 0 Å². The zero-order valence-electron chi connectivity index (χ0n) is 7.93. The topological polar surface area (TPSA) is 64.7 Å². The molecule has 0 aromatic heterocycles. The summed E-state index contributed by atoms with van der Waals surface area (Å²) in [5, 5.41) is 10.6. The molecule has 0 unspecified atom stereocenters. The molecule has 0 aliphatic heterocycles. The monoisotopic (exact) mass is 194 g/mol. The van der Waals surface area contributed by atoms with E-state index in [1.807, 2.05) is 0 Å². The molecule has 0 spiro atoms. The number of methoxy groups -OCH3 is 1. The van der Waals surface area contributed by atoms with Crippen molar-refractivity contribution in [3.63, 3.8) is 0 Å². The summed E-state index contributed by atoms with van der Waals surface area (Å²) < 4.78 is 4.82. The number of hydrogen-bond donors (Lipinski definition) is 0. The first kappa shape index (κ1) is 10.2. The smallest absolute Gasteiger partial charge is 0.294 e. The van der Waals surface area contributed by atoms with E-state index in [2.05, 4.69) is 4.99 Å². The van der Waals surface area contributed by atoms with E-state index >= 15 is 0 Å². The van der Waals surface area contributed by atoms with Crippen LogP contribution in [0.5, 0.6) is 0 Å². The van der Waals surface area contributed by atoms with Crippen molar-refractivity contribution in [3.8, 4) is 0 Å². The van der Waals surface area contributed by atoms with E-state index in [-0.39, 0.29) is 5.69 Å². The number of nitrogens with zero attached hydrogens (tertiary/aromatic N) is 2. The SMILES string of the molecule is COC(C)=Nc1ccccc1[N+](=O)[O-]. The molecule has 1 aromatic carbocycles. The number of hydrogen-bond acceptors (Lipinski definition) is 4. The maximum atomic E-state index is 10.6. The number of para-hydroxylation sites is 2. The van der Waals surface area contributed by atoms with Crippen LogP contribution >= 0.6 is 0 Å². The van der Waals surface area contributed by atoms with Crippen LogP contribution in [0.15, 0.2) is 29.3 Å². The van der Waals surface area contributed by atoms with Crippen LogP contribution in [0.3, 0.4) is 0 Å². The summed E-state index contributed by atoms with van der Waals surface area (Å²) in [6, 6.07) is 6.26. The molecular formula is C9H10N2O3. The molecule has 0 heterocycles. The Bertz CT molecular complexity index is 374. The summed E-state index contributed by atoms with van der Waals surface area (Å²) in [5.74, 6) is 0.388. The van der Waals surface area contributed by atoms with Crippen LogP contribution in [0.2, 0.25) is 0 Å². The fourth-order valence-corrected chi connectivity index (χ4v) is 0.928. The highest BCUT2D eigenvalue weighted by molar-refractivity contribution is 5.78. The molecule has 0 saturated carbocycles. The van der Waals surface area contributed by atoms with E-state index in [1.54, 1.807) is 25.1 Å². The minimum absolute atomic E-state index is 0.0242. The second-order valence-electron chi connectivity index (χ2n) is 2.58. The Balaban J connectivity index is 3.14. The van der Waals surface area contributed by atoms with Crippen LogP contribution in [0.4, 0.5) is 11.4 Å². The molecule has 0 amide bonds. The lowest BCUT2D eigenvalue weighted by Gasteiger charge is -1.99. The van der Waals surface area contributed by atoms with Gasteiger partial charge in [-0.05, 0) is 6.07 Å². The van der Waals surface area contributed by atoms with Gasteiger partial charge in [-0.25, -0.2) is 4.99 Å². The Morgan fingerprint density at radius 1 is 1.50 bits per heavy atom. The molecular weight excluding hydrogens is 184 g/mol. The molecule has 74 valence electrons. The Kier molecular flexibility index (Phi) is 3.17. The maximum absolute atomic E-state index is 10.6. The predicted molar refractivity (Wildman–Crippen MR) is 52.9 cm³/mol. The van der Waals surface area contributed by atoms with Crippen molar-refractivity contribution in [2.45, 2.75) is 6.92 Å². The van der Waals surface area contributed by atoms with E-state index in [0.717, 1.165) is 0 Å². The lowest BCUT2D eigenvalue weighted by atomic mass is 10.3. The Morgan fingerprint density at radius 2 is 2.14 bits per heavy atom. The summed E-state index contributed by atoms with van der Waals surface area (Å²) in [6.45, 7) is 1.64. The van der Waals surface area contributed by atoms with Gasteiger partial charge in [0.15, 0.2) is 5.90 Å². The highest BCUT2D eigenvalue weighted by Gasteiger charge is 2.11. The lowest BCUT2D eigenvalue weighted by Crippen LogP contribution is -1.94. The normalized spacial score (nSPS) is 11.1. The second-order valence-corrected chi connectivity index (χ2v) is 2.58. The van der Waals surface area contributed by atoms with E-state index in [0.29, 0.717) is 11.6 Å². The van der Waals surface area contributed by atoms with Crippen LogP contribution in [0.25, 0.3) is 0 Å². The number of benzene rings is 1. The number of aliphatic imine (C=N–C) groups is 1. The van der Waals surface area contributed by atoms with Crippen molar-refractivity contribution >= 4 is 17.3 Å². The van der Waals surface area contributed by atoms with E-state index in [9.17, 15) is 10.1 Å². The molecule has 0 atom stereocenters. The quantitative estimate of drug-likeness (QED) is 0.314. The average Bonchev–Trinajstić information content (AvgIpc) is 2.18. The number of ether oxygens (including phenoxy) is 1. The first-order valence-corrected chi connectivity index (χ1v) is 3.98. The number of rotatable bonds is 2. The van der Waals surface area contributed by atoms with Crippen LogP contribution in [-0.4, -0.2) is 17.9 Å². The fourth-order valence-electron chi connectivity index (χ4n) is 0.928. The lowest BCUT2D eigenvalue weighted by molar-refractivity contribution is -0.384. The third-order valence-corrected chi connectivity index (χ3v) is 1.65. The minimum atomic E-state index is -0.470. The van der Waals surface area contributed by atoms with Crippen molar-refractivity contribution in [1.29, 1.82) is 0 Å². The Morgan fingerprint density at radius 3 is 2.71 bits per heavy atom. The molecule has 1 rings (SSSR count). The van der Waals surface area contributed by atoms with Crippen molar-refractivity contribution in [2.24, 2.45) is 4.99 Å². The van der Waals surface area contributed by atoms with Gasteiger partial charge in [0.25, 0.3) is 5.69 Å². The highest BCUT2D eigenvalue weighted by atomic mass is 16.6. The van der Waals surface area contributed by atoms with Gasteiger partial charge in [0.2, 0.25) is 0 Å². The van der Waals surface area contributed by atoms with Gasteiger partial charge in [-0.2, -0.15) is 0 Å². The third kappa shape index (κ3) is 2.29. The predicted octanol–water partition coefficient (Wildman–Crippen LogP) is 2.29. The van der Waals surface area contributed by atoms with Gasteiger partial charge >= 0.3 is 0 Å². The van der Waals surface area contributed by atoms with Crippen LogP contribution in [-0.2, 0) is 4.74 Å². The van der Waals surface area contributed by atoms with Gasteiger partial charge in [-0.3, -0.25) is 10.1 Å². The molecule has 5 heteroatoms. The molecule has 0 bridgehead atoms. The standard InChI is InChI=1S/C9H10N2O3/c1-7(14-2)10-8-5-3-4-6-9(8)11(12)13/h3-6H,1-2H3. The fraction of sp³-hybridized carbons (Fsp3) is 0.222. The van der Waals surface area contributed by atoms with Crippen LogP contribution < -0.4 is 0 Å². The Hall–Kier alpha value is -1.91. The molecule has 5 nitrogen and oxygen atoms in total. The second kappa shape index (κ2) is 4.36. The summed E-state index contributed by atoms with van der Waals surface area (Å²) in [6.07, 6.45) is 0. The Labute approximate surface area is 81.2 Å². The van der Waals surface area contributed by atoms with Gasteiger partial charge in [0.1, 0.15) is 5.69 Å². The van der Waals surface area contributed by atoms with Gasteiger partial charge in [-0.15, -0.1) is 0 Å². The molecule has 0 aliphatic rings. The molecule has 0 N–H and O–H groups in total. The molecule has 0 radical (unpaired) electrons.